The van der Waals surface area contributed by atoms with Gasteiger partial charge in [0.25, 0.3) is 15.9 Å². The van der Waals surface area contributed by atoms with Crippen LogP contribution in [0.25, 0.3) is 0 Å². The van der Waals surface area contributed by atoms with Gasteiger partial charge < -0.3 is 10.1 Å². The maximum absolute atomic E-state index is 13.3. The summed E-state index contributed by atoms with van der Waals surface area (Å²) in [5.41, 5.74) is 0.922. The van der Waals surface area contributed by atoms with Crippen LogP contribution >= 0.6 is 11.3 Å². The Labute approximate surface area is 182 Å². The molecule has 0 saturated heterocycles. The summed E-state index contributed by atoms with van der Waals surface area (Å²) >= 11 is 1.07. The van der Waals surface area contributed by atoms with Gasteiger partial charge in [0.2, 0.25) is 0 Å². The van der Waals surface area contributed by atoms with E-state index in [1.54, 1.807) is 11.4 Å². The van der Waals surface area contributed by atoms with E-state index in [4.69, 9.17) is 0 Å². The van der Waals surface area contributed by atoms with Gasteiger partial charge in [-0.15, -0.1) is 11.3 Å². The molecule has 1 atom stereocenters. The minimum absolute atomic E-state index is 0.150. The average Bonchev–Trinajstić information content (AvgIpc) is 3.29. The molecule has 0 bridgehead atoms. The summed E-state index contributed by atoms with van der Waals surface area (Å²) in [4.78, 5) is 24.6. The lowest BCUT2D eigenvalue weighted by atomic mass is 10.0. The van der Waals surface area contributed by atoms with Gasteiger partial charge in [-0.05, 0) is 47.3 Å². The molecule has 0 spiro atoms. The van der Waals surface area contributed by atoms with Gasteiger partial charge in [0.1, 0.15) is 10.0 Å². The smallest absolute Gasteiger partial charge is 0.307 e. The maximum atomic E-state index is 13.3. The van der Waals surface area contributed by atoms with Crippen LogP contribution in [0.15, 0.2) is 70.3 Å². The lowest BCUT2D eigenvalue weighted by Crippen LogP contribution is -2.30. The van der Waals surface area contributed by atoms with Crippen LogP contribution < -0.4 is 10.0 Å². The molecule has 0 aliphatic carbocycles. The summed E-state index contributed by atoms with van der Waals surface area (Å²) in [5, 5.41) is 4.36. The number of esters is 1. The monoisotopic (exact) mass is 462 g/mol. The zero-order valence-corrected chi connectivity index (χ0v) is 18.0. The number of sulfonamides is 1. The van der Waals surface area contributed by atoms with Gasteiger partial charge in [-0.3, -0.25) is 14.3 Å². The van der Waals surface area contributed by atoms with Gasteiger partial charge in [-0.2, -0.15) is 0 Å². The number of nitrogens with one attached hydrogen (secondary N) is 2. The van der Waals surface area contributed by atoms with E-state index >= 15 is 0 Å². The Balaban J connectivity index is 1.79. The van der Waals surface area contributed by atoms with Gasteiger partial charge >= 0.3 is 5.97 Å². The summed E-state index contributed by atoms with van der Waals surface area (Å²) in [6.07, 6.45) is -0.154. The van der Waals surface area contributed by atoms with Gasteiger partial charge in [-0.25, -0.2) is 12.8 Å². The zero-order valence-electron chi connectivity index (χ0n) is 16.4. The fraction of sp³-hybridized carbons (Fsp3) is 0.143. The molecule has 10 heteroatoms. The molecule has 0 aliphatic heterocycles. The molecule has 31 heavy (non-hydrogen) atoms. The van der Waals surface area contributed by atoms with Crippen molar-refractivity contribution in [2.75, 3.05) is 11.8 Å². The highest BCUT2D eigenvalue weighted by Gasteiger charge is 2.21. The Kier molecular flexibility index (Phi) is 7.03. The van der Waals surface area contributed by atoms with E-state index < -0.39 is 33.8 Å². The van der Waals surface area contributed by atoms with Crippen LogP contribution in [-0.2, 0) is 19.6 Å². The van der Waals surface area contributed by atoms with Crippen molar-refractivity contribution in [3.8, 4) is 0 Å². The van der Waals surface area contributed by atoms with Crippen LogP contribution in [0.4, 0.5) is 10.1 Å². The van der Waals surface area contributed by atoms with E-state index in [1.165, 1.54) is 61.7 Å². The van der Waals surface area contributed by atoms with E-state index in [2.05, 4.69) is 14.8 Å². The molecule has 2 N–H and O–H groups in total. The van der Waals surface area contributed by atoms with Crippen molar-refractivity contribution in [2.45, 2.75) is 16.7 Å². The highest BCUT2D eigenvalue weighted by atomic mass is 32.2. The highest BCUT2D eigenvalue weighted by molar-refractivity contribution is 7.94. The van der Waals surface area contributed by atoms with Crippen molar-refractivity contribution >= 4 is 38.9 Å². The van der Waals surface area contributed by atoms with Gasteiger partial charge in [-0.1, -0.05) is 24.3 Å². The van der Waals surface area contributed by atoms with Crippen molar-refractivity contribution in [2.24, 2.45) is 0 Å². The number of ether oxygens (including phenoxy) is 1. The summed E-state index contributed by atoms with van der Waals surface area (Å²) < 4.78 is 45.3. The Morgan fingerprint density at radius 3 is 2.48 bits per heavy atom. The van der Waals surface area contributed by atoms with E-state index in [-0.39, 0.29) is 21.9 Å². The van der Waals surface area contributed by atoms with Crippen molar-refractivity contribution in [3.05, 3.63) is 83.0 Å². The quantitative estimate of drug-likeness (QED) is 0.497. The molecule has 0 radical (unpaired) electrons. The molecule has 7 nitrogen and oxygen atoms in total. The number of anilines is 1. The predicted molar refractivity (Wildman–Crippen MR) is 115 cm³/mol. The Morgan fingerprint density at radius 1 is 1.10 bits per heavy atom. The molecule has 162 valence electrons. The molecular formula is C21H19FN2O5S2. The molecular weight excluding hydrogens is 443 g/mol. The second-order valence-corrected chi connectivity index (χ2v) is 9.33. The van der Waals surface area contributed by atoms with Crippen molar-refractivity contribution in [1.29, 1.82) is 0 Å². The summed E-state index contributed by atoms with van der Waals surface area (Å²) in [6, 6.07) is 13.7. The van der Waals surface area contributed by atoms with E-state index in [0.29, 0.717) is 5.56 Å². The normalized spacial score (nSPS) is 12.1. The lowest BCUT2D eigenvalue weighted by molar-refractivity contribution is -0.141. The number of thiophene rings is 1. The molecule has 3 aromatic rings. The largest absolute Gasteiger partial charge is 0.469 e. The molecule has 1 unspecified atom stereocenters. The number of hydrogen-bond donors (Lipinski definition) is 2. The Morgan fingerprint density at radius 2 is 1.84 bits per heavy atom. The third-order valence-corrected chi connectivity index (χ3v) is 7.09. The molecule has 3 rings (SSSR count). The van der Waals surface area contributed by atoms with Crippen molar-refractivity contribution < 1.29 is 27.1 Å². The second kappa shape index (κ2) is 9.71. The summed E-state index contributed by atoms with van der Waals surface area (Å²) in [7, 11) is -2.53. The number of carbonyl (C=O) groups excluding carboxylic acids is 2. The number of benzene rings is 2. The summed E-state index contributed by atoms with van der Waals surface area (Å²) in [6.45, 7) is 0. The van der Waals surface area contributed by atoms with Crippen LogP contribution in [-0.4, -0.2) is 27.4 Å². The second-order valence-electron chi connectivity index (χ2n) is 6.48. The van der Waals surface area contributed by atoms with Gasteiger partial charge in [0, 0.05) is 11.3 Å². The number of methoxy groups -OCH3 is 1. The third-order valence-electron chi connectivity index (χ3n) is 4.31. The number of rotatable bonds is 8. The first kappa shape index (κ1) is 22.4. The number of halogens is 1. The van der Waals surface area contributed by atoms with Crippen LogP contribution in [0.2, 0.25) is 0 Å². The Hall–Kier alpha value is -3.24. The molecule has 1 heterocycles. The van der Waals surface area contributed by atoms with Crippen LogP contribution in [0.1, 0.15) is 28.4 Å². The molecule has 1 amide bonds. The first-order chi connectivity index (χ1) is 14.8. The first-order valence-corrected chi connectivity index (χ1v) is 11.4. The summed E-state index contributed by atoms with van der Waals surface area (Å²) in [5.74, 6) is -1.53. The van der Waals surface area contributed by atoms with Crippen molar-refractivity contribution in [3.63, 3.8) is 0 Å². The topological polar surface area (TPSA) is 102 Å². The minimum atomic E-state index is -3.76. The third kappa shape index (κ3) is 5.89. The SMILES string of the molecule is COC(=O)CC(NC(=O)c1cccc(NS(=O)(=O)c2cccs2)c1)c1ccc(F)cc1. The highest BCUT2D eigenvalue weighted by Crippen LogP contribution is 2.22. The lowest BCUT2D eigenvalue weighted by Gasteiger charge is -2.18. The van der Waals surface area contributed by atoms with Crippen molar-refractivity contribution in [1.82, 2.24) is 5.32 Å². The molecule has 0 fully saturated rings. The Bertz CT molecular complexity index is 1160. The van der Waals surface area contributed by atoms with E-state index in [1.807, 2.05) is 0 Å². The minimum Gasteiger partial charge on any atom is -0.469 e. The average molecular weight is 463 g/mol. The van der Waals surface area contributed by atoms with Gasteiger partial charge in [0.05, 0.1) is 19.6 Å². The molecule has 0 saturated carbocycles. The fourth-order valence-corrected chi connectivity index (χ4v) is 4.83. The zero-order chi connectivity index (χ0) is 22.4. The van der Waals surface area contributed by atoms with Gasteiger partial charge in [0.15, 0.2) is 0 Å². The van der Waals surface area contributed by atoms with E-state index in [0.717, 1.165) is 11.3 Å². The molecule has 0 aliphatic rings. The standard InChI is InChI=1S/C21H19FN2O5S2/c1-29-19(25)13-18(14-7-9-16(22)10-8-14)23-21(26)15-4-2-5-17(12-15)24-31(27,28)20-6-3-11-30-20/h2-12,18,24H,13H2,1H3,(H,23,26). The van der Waals surface area contributed by atoms with Crippen LogP contribution in [0.5, 0.6) is 0 Å². The van der Waals surface area contributed by atoms with Crippen LogP contribution in [0, 0.1) is 5.82 Å². The predicted octanol–water partition coefficient (Wildman–Crippen LogP) is 3.72. The molecule has 1 aromatic heterocycles. The first-order valence-electron chi connectivity index (χ1n) is 9.08. The number of hydrogen-bond acceptors (Lipinski definition) is 6. The van der Waals surface area contributed by atoms with E-state index in [9.17, 15) is 22.4 Å². The number of carbonyl (C=O) groups is 2. The fourth-order valence-electron chi connectivity index (χ4n) is 2.78. The maximum Gasteiger partial charge on any atom is 0.307 e. The molecule has 2 aromatic carbocycles. The number of amides is 1. The van der Waals surface area contributed by atoms with Crippen LogP contribution in [0.3, 0.4) is 0 Å².